The molecule has 4 aromatic rings. The summed E-state index contributed by atoms with van der Waals surface area (Å²) in [5.74, 6) is 6.05. The second-order valence-electron chi connectivity index (χ2n) is 7.03. The number of rotatable bonds is 8. The smallest absolute Gasteiger partial charge is 0.255 e. The molecule has 0 saturated carbocycles. The summed E-state index contributed by atoms with van der Waals surface area (Å²) in [4.78, 5) is 21.6. The van der Waals surface area contributed by atoms with Crippen molar-refractivity contribution in [3.8, 4) is 22.8 Å². The van der Waals surface area contributed by atoms with Crippen LogP contribution < -0.4 is 26.8 Å². The molecule has 9 nitrogen and oxygen atoms in total. The van der Waals surface area contributed by atoms with Gasteiger partial charge in [0.2, 0.25) is 0 Å². The largest absolute Gasteiger partial charge is 0.507 e. The van der Waals surface area contributed by atoms with Gasteiger partial charge in [0.15, 0.2) is 11.4 Å². The van der Waals surface area contributed by atoms with Crippen LogP contribution in [0.4, 0.5) is 5.82 Å². The van der Waals surface area contributed by atoms with Crippen LogP contribution in [0.1, 0.15) is 16.8 Å². The molecule has 0 aliphatic heterocycles. The van der Waals surface area contributed by atoms with Gasteiger partial charge in [0, 0.05) is 30.9 Å². The summed E-state index contributed by atoms with van der Waals surface area (Å²) in [6.07, 6.45) is 2.17. The molecule has 2 aromatic heterocycles. The maximum absolute atomic E-state index is 12.3. The average molecular weight is 428 g/mol. The number of anilines is 1. The minimum atomic E-state index is -0.265. The van der Waals surface area contributed by atoms with Crippen LogP contribution in [0, 0.1) is 0 Å². The Morgan fingerprint density at radius 2 is 1.94 bits per heavy atom. The number of para-hydroxylation sites is 2. The summed E-state index contributed by atoms with van der Waals surface area (Å²) in [5, 5.41) is 20.6. The van der Waals surface area contributed by atoms with Crippen LogP contribution in [-0.4, -0.2) is 46.5 Å². The number of benzene rings is 2. The van der Waals surface area contributed by atoms with Gasteiger partial charge < -0.3 is 20.6 Å². The van der Waals surface area contributed by atoms with Crippen molar-refractivity contribution in [1.29, 1.82) is 0 Å². The van der Waals surface area contributed by atoms with Crippen LogP contribution in [-0.2, 0) is 0 Å². The summed E-state index contributed by atoms with van der Waals surface area (Å²) >= 11 is 0. The topological polar surface area (TPSA) is 127 Å². The Hall–Kier alpha value is -4.05. The first-order chi connectivity index (χ1) is 15.6. The van der Waals surface area contributed by atoms with E-state index in [1.165, 1.54) is 6.20 Å². The number of aromatic hydroxyl groups is 1. The molecule has 160 valence electrons. The summed E-state index contributed by atoms with van der Waals surface area (Å²) < 4.78 is 1.60. The van der Waals surface area contributed by atoms with E-state index in [0.29, 0.717) is 59.0 Å². The van der Waals surface area contributed by atoms with E-state index < -0.39 is 0 Å². The van der Waals surface area contributed by atoms with E-state index >= 15 is 0 Å². The summed E-state index contributed by atoms with van der Waals surface area (Å²) in [6, 6.07) is 15.5. The van der Waals surface area contributed by atoms with Gasteiger partial charge >= 0.3 is 0 Å². The van der Waals surface area contributed by atoms with E-state index in [0.717, 1.165) is 0 Å². The van der Waals surface area contributed by atoms with E-state index in [4.69, 9.17) is 18.6 Å². The fourth-order valence-electron chi connectivity index (χ4n) is 3.29. The number of nitrogens with one attached hydrogen (secondary N) is 2. The SMILES string of the molecule is [B]c1cnn2c(NCCCNC(=O)c3ccccc3ON)cc(-c3ccccc3O)nc12. The van der Waals surface area contributed by atoms with E-state index in [2.05, 4.69) is 20.7 Å². The van der Waals surface area contributed by atoms with Crippen LogP contribution in [0.15, 0.2) is 60.8 Å². The van der Waals surface area contributed by atoms with Crippen LogP contribution in [0.2, 0.25) is 0 Å². The predicted octanol–water partition coefficient (Wildman–Crippen LogP) is 1.38. The van der Waals surface area contributed by atoms with Gasteiger partial charge in [-0.3, -0.25) is 4.79 Å². The standard InChI is InChI=1S/C22H21BN6O3/c23-16-13-27-29-20(12-17(28-21(16)29)14-6-1-3-8-18(14)30)25-10-5-11-26-22(31)15-7-2-4-9-19(15)32-24/h1-4,6-9,12-13,25,30H,5,10-11,24H2,(H,26,31). The number of fused-ring (bicyclic) bond motifs is 1. The number of hydrogen-bond acceptors (Lipinski definition) is 7. The highest BCUT2D eigenvalue weighted by molar-refractivity contribution is 6.36. The van der Waals surface area contributed by atoms with Crippen molar-refractivity contribution in [3.63, 3.8) is 0 Å². The number of carbonyl (C=O) groups is 1. The number of nitrogens with zero attached hydrogens (tertiary/aromatic N) is 3. The maximum Gasteiger partial charge on any atom is 0.255 e. The lowest BCUT2D eigenvalue weighted by Gasteiger charge is -2.12. The van der Waals surface area contributed by atoms with E-state index in [1.807, 2.05) is 6.07 Å². The molecule has 10 heteroatoms. The average Bonchev–Trinajstić information content (AvgIpc) is 3.19. The zero-order valence-corrected chi connectivity index (χ0v) is 17.2. The highest BCUT2D eigenvalue weighted by Gasteiger charge is 2.13. The first kappa shape index (κ1) is 21.2. The zero-order chi connectivity index (χ0) is 22.5. The van der Waals surface area contributed by atoms with Gasteiger partial charge in [-0.1, -0.05) is 24.3 Å². The highest BCUT2D eigenvalue weighted by Crippen LogP contribution is 2.29. The fourth-order valence-corrected chi connectivity index (χ4v) is 3.29. The Balaban J connectivity index is 1.43. The molecule has 5 N–H and O–H groups in total. The third-order valence-corrected chi connectivity index (χ3v) is 4.88. The number of amides is 1. The molecule has 0 unspecified atom stereocenters. The molecule has 0 aliphatic carbocycles. The van der Waals surface area contributed by atoms with Gasteiger partial charge in [0.25, 0.3) is 5.91 Å². The number of carbonyl (C=O) groups excluding carboxylic acids is 1. The molecular formula is C22H21BN6O3. The van der Waals surface area contributed by atoms with Crippen molar-refractivity contribution in [2.75, 3.05) is 18.4 Å². The second kappa shape index (κ2) is 9.40. The predicted molar refractivity (Wildman–Crippen MR) is 122 cm³/mol. The van der Waals surface area contributed by atoms with Gasteiger partial charge in [0.05, 0.1) is 11.3 Å². The first-order valence-corrected chi connectivity index (χ1v) is 9.99. The molecule has 0 spiro atoms. The maximum atomic E-state index is 12.3. The van der Waals surface area contributed by atoms with Gasteiger partial charge in [-0.2, -0.15) is 15.5 Å². The van der Waals surface area contributed by atoms with Crippen molar-refractivity contribution in [2.24, 2.45) is 5.90 Å². The van der Waals surface area contributed by atoms with Crippen molar-refractivity contribution in [3.05, 3.63) is 66.4 Å². The normalized spacial score (nSPS) is 10.8. The van der Waals surface area contributed by atoms with Crippen LogP contribution >= 0.6 is 0 Å². The number of phenolic OH excluding ortho intramolecular Hbond substituents is 1. The van der Waals surface area contributed by atoms with E-state index in [1.54, 1.807) is 53.0 Å². The molecule has 0 fully saturated rings. The Morgan fingerprint density at radius 3 is 2.75 bits per heavy atom. The third-order valence-electron chi connectivity index (χ3n) is 4.88. The molecule has 1 amide bonds. The highest BCUT2D eigenvalue weighted by atomic mass is 16.6. The molecule has 0 atom stereocenters. The Labute approximate surface area is 185 Å². The van der Waals surface area contributed by atoms with Gasteiger partial charge in [-0.15, -0.1) is 0 Å². The quantitative estimate of drug-likeness (QED) is 0.190. The first-order valence-electron chi connectivity index (χ1n) is 9.99. The molecular weight excluding hydrogens is 407 g/mol. The van der Waals surface area contributed by atoms with Crippen LogP contribution in [0.25, 0.3) is 16.9 Å². The molecule has 4 rings (SSSR count). The van der Waals surface area contributed by atoms with E-state index in [-0.39, 0.29) is 11.7 Å². The fraction of sp³-hybridized carbons (Fsp3) is 0.136. The van der Waals surface area contributed by atoms with Gasteiger partial charge in [-0.25, -0.2) is 4.98 Å². The van der Waals surface area contributed by atoms with Crippen molar-refractivity contribution >= 4 is 30.7 Å². The lowest BCUT2D eigenvalue weighted by molar-refractivity contribution is 0.0949. The lowest BCUT2D eigenvalue weighted by Crippen LogP contribution is -2.26. The third kappa shape index (κ3) is 4.35. The molecule has 0 bridgehead atoms. The van der Waals surface area contributed by atoms with Crippen molar-refractivity contribution in [2.45, 2.75) is 6.42 Å². The Bertz CT molecular complexity index is 1260. The monoisotopic (exact) mass is 428 g/mol. The minimum absolute atomic E-state index is 0.123. The molecule has 0 aliphatic rings. The summed E-state index contributed by atoms with van der Waals surface area (Å²) in [6.45, 7) is 0.987. The van der Waals surface area contributed by atoms with Crippen LogP contribution in [0.5, 0.6) is 11.5 Å². The number of nitrogens with two attached hydrogens (primary N) is 1. The van der Waals surface area contributed by atoms with Crippen LogP contribution in [0.3, 0.4) is 0 Å². The molecule has 2 heterocycles. The number of hydrogen-bond donors (Lipinski definition) is 4. The van der Waals surface area contributed by atoms with Crippen molar-refractivity contribution < 1.29 is 14.7 Å². The Kier molecular flexibility index (Phi) is 6.23. The molecule has 2 radical (unpaired) electrons. The Morgan fingerprint density at radius 1 is 1.16 bits per heavy atom. The lowest BCUT2D eigenvalue weighted by atomic mass is 10.0. The van der Waals surface area contributed by atoms with Gasteiger partial charge in [-0.05, 0) is 36.1 Å². The van der Waals surface area contributed by atoms with Crippen molar-refractivity contribution in [1.82, 2.24) is 19.9 Å². The summed E-state index contributed by atoms with van der Waals surface area (Å²) in [5.41, 5.74) is 2.44. The number of aromatic nitrogens is 3. The zero-order valence-electron chi connectivity index (χ0n) is 17.2. The van der Waals surface area contributed by atoms with E-state index in [9.17, 15) is 9.90 Å². The minimum Gasteiger partial charge on any atom is -0.507 e. The summed E-state index contributed by atoms with van der Waals surface area (Å²) in [7, 11) is 6.02. The van der Waals surface area contributed by atoms with Gasteiger partial charge in [0.1, 0.15) is 19.4 Å². The number of phenols is 1. The molecule has 2 aromatic carbocycles. The second-order valence-corrected chi connectivity index (χ2v) is 7.03. The molecule has 0 saturated heterocycles. The molecule has 32 heavy (non-hydrogen) atoms.